The van der Waals surface area contributed by atoms with Crippen LogP contribution in [0.1, 0.15) is 0 Å². The Morgan fingerprint density at radius 1 is 0.952 bits per heavy atom. The molecule has 104 valence electrons. The molecule has 3 rings (SSSR count). The van der Waals surface area contributed by atoms with Gasteiger partial charge in [0.15, 0.2) is 5.13 Å². The highest BCUT2D eigenvalue weighted by atomic mass is 32.1. The molecule has 21 heavy (non-hydrogen) atoms. The Morgan fingerprint density at radius 3 is 2.52 bits per heavy atom. The van der Waals surface area contributed by atoms with Gasteiger partial charge in [-0.15, -0.1) is 0 Å². The number of hydrogen-bond acceptors (Lipinski definition) is 4. The number of anilines is 2. The van der Waals surface area contributed by atoms with E-state index in [9.17, 15) is 4.79 Å². The Hall–Kier alpha value is -2.73. The second kappa shape index (κ2) is 6.15. The van der Waals surface area contributed by atoms with E-state index in [-0.39, 0.29) is 6.03 Å². The van der Waals surface area contributed by atoms with Crippen LogP contribution >= 0.6 is 11.3 Å². The van der Waals surface area contributed by atoms with E-state index in [1.54, 1.807) is 30.6 Å². The van der Waals surface area contributed by atoms with Crippen LogP contribution in [0.5, 0.6) is 0 Å². The number of carbonyl (C=O) groups is 1. The number of amides is 2. The maximum atomic E-state index is 11.8. The minimum absolute atomic E-state index is 0.359. The van der Waals surface area contributed by atoms with Gasteiger partial charge in [0.05, 0.1) is 4.88 Å². The topological polar surface area (TPSA) is 66.9 Å². The summed E-state index contributed by atoms with van der Waals surface area (Å²) < 4.78 is 0. The molecule has 2 heterocycles. The molecule has 0 radical (unpaired) electrons. The molecule has 0 aliphatic heterocycles. The highest BCUT2D eigenvalue weighted by molar-refractivity contribution is 7.19. The molecule has 6 heteroatoms. The summed E-state index contributed by atoms with van der Waals surface area (Å²) in [4.78, 5) is 21.1. The predicted molar refractivity (Wildman–Crippen MR) is 84.4 cm³/mol. The molecule has 0 bridgehead atoms. The molecule has 0 saturated carbocycles. The molecule has 0 aliphatic carbocycles. The van der Waals surface area contributed by atoms with Crippen molar-refractivity contribution in [2.45, 2.75) is 0 Å². The summed E-state index contributed by atoms with van der Waals surface area (Å²) >= 11 is 1.42. The fraction of sp³-hybridized carbons (Fsp3) is 0. The lowest BCUT2D eigenvalue weighted by atomic mass is 10.2. The largest absolute Gasteiger partial charge is 0.326 e. The third-order valence-corrected chi connectivity index (χ3v) is 3.65. The van der Waals surface area contributed by atoms with Gasteiger partial charge in [-0.1, -0.05) is 47.7 Å². The molecule has 5 nitrogen and oxygen atoms in total. The highest BCUT2D eigenvalue weighted by Gasteiger charge is 2.08. The van der Waals surface area contributed by atoms with Gasteiger partial charge in [-0.2, -0.15) is 0 Å². The lowest BCUT2D eigenvalue weighted by molar-refractivity contribution is 0.262. The van der Waals surface area contributed by atoms with Gasteiger partial charge in [0.1, 0.15) is 5.82 Å². The second-order valence-electron chi connectivity index (χ2n) is 4.19. The molecular formula is C15H12N4OS. The lowest BCUT2D eigenvalue weighted by Crippen LogP contribution is -2.19. The van der Waals surface area contributed by atoms with Crippen molar-refractivity contribution < 1.29 is 4.79 Å². The number of benzene rings is 1. The molecule has 0 unspecified atom stereocenters. The van der Waals surface area contributed by atoms with Crippen molar-refractivity contribution in [3.63, 3.8) is 0 Å². The average Bonchev–Trinajstić information content (AvgIpc) is 2.97. The summed E-state index contributed by atoms with van der Waals surface area (Å²) in [6.07, 6.45) is 3.36. The summed E-state index contributed by atoms with van der Waals surface area (Å²) in [6.45, 7) is 0. The predicted octanol–water partition coefficient (Wildman–Crippen LogP) is 3.85. The number of rotatable bonds is 3. The maximum Gasteiger partial charge on any atom is 0.326 e. The van der Waals surface area contributed by atoms with Crippen molar-refractivity contribution in [1.82, 2.24) is 9.97 Å². The van der Waals surface area contributed by atoms with Crippen LogP contribution in [0.3, 0.4) is 0 Å². The van der Waals surface area contributed by atoms with E-state index in [0.29, 0.717) is 10.9 Å². The van der Waals surface area contributed by atoms with Crippen LogP contribution in [-0.2, 0) is 0 Å². The highest BCUT2D eigenvalue weighted by Crippen LogP contribution is 2.28. The van der Waals surface area contributed by atoms with Crippen molar-refractivity contribution in [3.8, 4) is 10.4 Å². The Balaban J connectivity index is 1.66. The smallest absolute Gasteiger partial charge is 0.292 e. The molecule has 0 spiro atoms. The summed E-state index contributed by atoms with van der Waals surface area (Å²) in [6, 6.07) is 14.9. The van der Waals surface area contributed by atoms with Gasteiger partial charge in [-0.3, -0.25) is 10.6 Å². The first-order valence-corrected chi connectivity index (χ1v) is 7.13. The van der Waals surface area contributed by atoms with Crippen molar-refractivity contribution in [1.29, 1.82) is 0 Å². The molecule has 2 N–H and O–H groups in total. The normalized spacial score (nSPS) is 10.1. The van der Waals surface area contributed by atoms with Crippen LogP contribution in [0.25, 0.3) is 10.4 Å². The second-order valence-corrected chi connectivity index (χ2v) is 5.22. The number of carbonyl (C=O) groups excluding carboxylic acids is 1. The third kappa shape index (κ3) is 3.43. The van der Waals surface area contributed by atoms with E-state index in [4.69, 9.17) is 0 Å². The fourth-order valence-corrected chi connectivity index (χ4v) is 2.57. The zero-order valence-electron chi connectivity index (χ0n) is 11.0. The SMILES string of the molecule is O=C(Nc1ccccn1)Nc1ncc(-c2ccccc2)s1. The van der Waals surface area contributed by atoms with E-state index in [0.717, 1.165) is 10.4 Å². The molecule has 3 aromatic rings. The number of pyridine rings is 1. The first kappa shape index (κ1) is 13.3. The number of urea groups is 1. The average molecular weight is 296 g/mol. The van der Waals surface area contributed by atoms with Crippen LogP contribution in [0.4, 0.5) is 15.7 Å². The molecule has 2 aromatic heterocycles. The monoisotopic (exact) mass is 296 g/mol. The number of nitrogens with one attached hydrogen (secondary N) is 2. The van der Waals surface area contributed by atoms with E-state index < -0.39 is 0 Å². The third-order valence-electron chi connectivity index (χ3n) is 2.69. The Morgan fingerprint density at radius 2 is 1.76 bits per heavy atom. The van der Waals surface area contributed by atoms with Gasteiger partial charge in [0.2, 0.25) is 0 Å². The van der Waals surface area contributed by atoms with Crippen LogP contribution in [0, 0.1) is 0 Å². The van der Waals surface area contributed by atoms with Gasteiger partial charge < -0.3 is 0 Å². The van der Waals surface area contributed by atoms with Gasteiger partial charge in [0, 0.05) is 12.4 Å². The van der Waals surface area contributed by atoms with E-state index >= 15 is 0 Å². The fourth-order valence-electron chi connectivity index (χ4n) is 1.75. The Kier molecular flexibility index (Phi) is 3.88. The molecule has 0 atom stereocenters. The number of thiazole rings is 1. The van der Waals surface area contributed by atoms with Crippen molar-refractivity contribution in [2.75, 3.05) is 10.6 Å². The summed E-state index contributed by atoms with van der Waals surface area (Å²) in [7, 11) is 0. The van der Waals surface area contributed by atoms with Crippen LogP contribution in [0.15, 0.2) is 60.9 Å². The van der Waals surface area contributed by atoms with Crippen LogP contribution in [-0.4, -0.2) is 16.0 Å². The Bertz CT molecular complexity index is 728. The molecule has 1 aromatic carbocycles. The maximum absolute atomic E-state index is 11.8. The molecule has 0 aliphatic rings. The van der Waals surface area contributed by atoms with Crippen LogP contribution in [0.2, 0.25) is 0 Å². The standard InChI is InChI=1S/C15H12N4OS/c20-14(18-13-8-4-5-9-16-13)19-15-17-10-12(21-15)11-6-2-1-3-7-11/h1-10H,(H2,16,17,18,19,20). The van der Waals surface area contributed by atoms with Crippen molar-refractivity contribution in [3.05, 3.63) is 60.9 Å². The summed E-state index contributed by atoms with van der Waals surface area (Å²) in [5, 5.41) is 5.89. The van der Waals surface area contributed by atoms with Gasteiger partial charge in [0.25, 0.3) is 0 Å². The molecular weight excluding hydrogens is 284 g/mol. The van der Waals surface area contributed by atoms with Gasteiger partial charge in [-0.25, -0.2) is 14.8 Å². The van der Waals surface area contributed by atoms with E-state index in [1.165, 1.54) is 11.3 Å². The first-order chi connectivity index (χ1) is 10.3. The van der Waals surface area contributed by atoms with Crippen LogP contribution < -0.4 is 10.6 Å². The molecule has 0 saturated heterocycles. The minimum Gasteiger partial charge on any atom is -0.292 e. The van der Waals surface area contributed by atoms with E-state index in [1.807, 2.05) is 30.3 Å². The summed E-state index contributed by atoms with van der Waals surface area (Å²) in [5.41, 5.74) is 1.08. The van der Waals surface area contributed by atoms with Gasteiger partial charge in [-0.05, 0) is 17.7 Å². The summed E-state index contributed by atoms with van der Waals surface area (Å²) in [5.74, 6) is 0.495. The first-order valence-electron chi connectivity index (χ1n) is 6.31. The van der Waals surface area contributed by atoms with Crippen molar-refractivity contribution in [2.24, 2.45) is 0 Å². The zero-order chi connectivity index (χ0) is 14.5. The molecule has 0 fully saturated rings. The molecule has 2 amide bonds. The lowest BCUT2D eigenvalue weighted by Gasteiger charge is -2.03. The van der Waals surface area contributed by atoms with Gasteiger partial charge >= 0.3 is 6.03 Å². The van der Waals surface area contributed by atoms with E-state index in [2.05, 4.69) is 20.6 Å². The quantitative estimate of drug-likeness (QED) is 0.771. The number of hydrogen-bond donors (Lipinski definition) is 2. The Labute approximate surface area is 125 Å². The van der Waals surface area contributed by atoms with Crippen molar-refractivity contribution >= 4 is 28.3 Å². The number of aromatic nitrogens is 2. The number of nitrogens with zero attached hydrogens (tertiary/aromatic N) is 2. The zero-order valence-corrected chi connectivity index (χ0v) is 11.8. The minimum atomic E-state index is -0.359.